The van der Waals surface area contributed by atoms with E-state index in [2.05, 4.69) is 38.2 Å². The number of hydrogen-bond acceptors (Lipinski definition) is 4. The molecule has 0 radical (unpaired) electrons. The number of nitrogens with one attached hydrogen (secondary N) is 1. The molecule has 1 atom stereocenters. The molecule has 0 spiro atoms. The van der Waals surface area contributed by atoms with Gasteiger partial charge in [-0.05, 0) is 41.5 Å². The first kappa shape index (κ1) is 22.6. The van der Waals surface area contributed by atoms with Crippen molar-refractivity contribution in [3.05, 3.63) is 53.6 Å². The molecular formula is C24H33NO4. The van der Waals surface area contributed by atoms with Gasteiger partial charge in [-0.3, -0.25) is 4.79 Å². The van der Waals surface area contributed by atoms with Crippen LogP contribution in [0.15, 0.2) is 42.5 Å². The number of carbonyl (C=O) groups excluding carboxylic acids is 1. The van der Waals surface area contributed by atoms with Gasteiger partial charge in [0.05, 0.1) is 27.4 Å². The zero-order chi connectivity index (χ0) is 21.4. The average Bonchev–Trinajstić information content (AvgIpc) is 2.70. The molecule has 0 bridgehead atoms. The standard InChI is InChI=1S/C24H33NO4/c1-24(2,3)16-19(18-10-8-7-9-11-18)25-22(26)13-12-17-14-20(27-4)23(29-6)21(15-17)28-5/h7-11,14-15,19H,12-13,16H2,1-6H3,(H,25,26). The summed E-state index contributed by atoms with van der Waals surface area (Å²) in [7, 11) is 4.75. The van der Waals surface area contributed by atoms with Crippen LogP contribution in [0.25, 0.3) is 0 Å². The fourth-order valence-corrected chi connectivity index (χ4v) is 3.35. The van der Waals surface area contributed by atoms with Crippen LogP contribution < -0.4 is 19.5 Å². The van der Waals surface area contributed by atoms with Gasteiger partial charge in [0.25, 0.3) is 0 Å². The van der Waals surface area contributed by atoms with Gasteiger partial charge in [-0.1, -0.05) is 51.1 Å². The zero-order valence-corrected chi connectivity index (χ0v) is 18.4. The van der Waals surface area contributed by atoms with Crippen LogP contribution in [0.5, 0.6) is 17.2 Å². The van der Waals surface area contributed by atoms with Crippen molar-refractivity contribution in [2.45, 2.75) is 46.1 Å². The third-order valence-corrected chi connectivity index (χ3v) is 4.72. The number of benzene rings is 2. The van der Waals surface area contributed by atoms with Crippen molar-refractivity contribution in [1.82, 2.24) is 5.32 Å². The molecule has 2 rings (SSSR count). The van der Waals surface area contributed by atoms with Gasteiger partial charge in [-0.15, -0.1) is 0 Å². The van der Waals surface area contributed by atoms with E-state index in [1.807, 2.05) is 30.3 Å². The molecule has 2 aromatic carbocycles. The minimum atomic E-state index is -0.0105. The van der Waals surface area contributed by atoms with E-state index in [1.165, 1.54) is 0 Å². The number of ether oxygens (including phenoxy) is 3. The normalized spacial score (nSPS) is 12.2. The van der Waals surface area contributed by atoms with Crippen LogP contribution in [0, 0.1) is 5.41 Å². The van der Waals surface area contributed by atoms with Crippen LogP contribution >= 0.6 is 0 Å². The predicted octanol–water partition coefficient (Wildman–Crippen LogP) is 4.94. The molecule has 29 heavy (non-hydrogen) atoms. The summed E-state index contributed by atoms with van der Waals surface area (Å²) >= 11 is 0. The quantitative estimate of drug-likeness (QED) is 0.649. The van der Waals surface area contributed by atoms with Crippen molar-refractivity contribution < 1.29 is 19.0 Å². The number of rotatable bonds is 9. The van der Waals surface area contributed by atoms with E-state index >= 15 is 0 Å². The molecule has 0 saturated carbocycles. The predicted molar refractivity (Wildman–Crippen MR) is 116 cm³/mol. The molecule has 0 aliphatic heterocycles. The van der Waals surface area contributed by atoms with E-state index in [0.717, 1.165) is 17.5 Å². The molecule has 0 aromatic heterocycles. The molecule has 1 amide bonds. The van der Waals surface area contributed by atoms with E-state index in [0.29, 0.717) is 30.1 Å². The van der Waals surface area contributed by atoms with Crippen LogP contribution in [-0.2, 0) is 11.2 Å². The van der Waals surface area contributed by atoms with Crippen LogP contribution in [0.1, 0.15) is 50.8 Å². The SMILES string of the molecule is COc1cc(CCC(=O)NC(CC(C)(C)C)c2ccccc2)cc(OC)c1OC. The average molecular weight is 400 g/mol. The van der Waals surface area contributed by atoms with Crippen molar-refractivity contribution in [1.29, 1.82) is 0 Å². The van der Waals surface area contributed by atoms with Crippen LogP contribution in [0.2, 0.25) is 0 Å². The summed E-state index contributed by atoms with van der Waals surface area (Å²) in [5, 5.41) is 3.21. The largest absolute Gasteiger partial charge is 0.493 e. The molecule has 1 unspecified atom stereocenters. The van der Waals surface area contributed by atoms with Crippen molar-refractivity contribution in [2.24, 2.45) is 5.41 Å². The first-order valence-electron chi connectivity index (χ1n) is 9.90. The summed E-state index contributed by atoms with van der Waals surface area (Å²) in [6.07, 6.45) is 1.83. The second-order valence-electron chi connectivity index (χ2n) is 8.33. The highest BCUT2D eigenvalue weighted by molar-refractivity contribution is 5.76. The molecule has 0 saturated heterocycles. The maximum Gasteiger partial charge on any atom is 0.220 e. The Labute approximate surface area is 174 Å². The lowest BCUT2D eigenvalue weighted by molar-refractivity contribution is -0.122. The van der Waals surface area contributed by atoms with Gasteiger partial charge in [0.2, 0.25) is 11.7 Å². The number of aryl methyl sites for hydroxylation is 1. The molecule has 0 heterocycles. The summed E-state index contributed by atoms with van der Waals surface area (Å²) in [6, 6.07) is 13.9. The van der Waals surface area contributed by atoms with Gasteiger partial charge < -0.3 is 19.5 Å². The molecule has 0 aliphatic rings. The lowest BCUT2D eigenvalue weighted by atomic mass is 9.85. The number of amides is 1. The van der Waals surface area contributed by atoms with Gasteiger partial charge >= 0.3 is 0 Å². The molecule has 5 nitrogen and oxygen atoms in total. The molecule has 2 aromatic rings. The first-order valence-corrected chi connectivity index (χ1v) is 9.90. The minimum Gasteiger partial charge on any atom is -0.493 e. The number of carbonyl (C=O) groups is 1. The van der Waals surface area contributed by atoms with E-state index in [9.17, 15) is 4.79 Å². The summed E-state index contributed by atoms with van der Waals surface area (Å²) in [5.74, 6) is 1.77. The van der Waals surface area contributed by atoms with Crippen molar-refractivity contribution in [2.75, 3.05) is 21.3 Å². The minimum absolute atomic E-state index is 0.0105. The van der Waals surface area contributed by atoms with Gasteiger partial charge in [0.15, 0.2) is 11.5 Å². The molecule has 158 valence electrons. The number of hydrogen-bond donors (Lipinski definition) is 1. The Morgan fingerprint density at radius 2 is 1.55 bits per heavy atom. The summed E-state index contributed by atoms with van der Waals surface area (Å²) < 4.78 is 16.2. The lowest BCUT2D eigenvalue weighted by Gasteiger charge is -2.27. The van der Waals surface area contributed by atoms with Gasteiger partial charge in [-0.2, -0.15) is 0 Å². The van der Waals surface area contributed by atoms with Gasteiger partial charge in [0, 0.05) is 6.42 Å². The Morgan fingerprint density at radius 1 is 0.966 bits per heavy atom. The Bertz CT molecular complexity index is 771. The van der Waals surface area contributed by atoms with Crippen molar-refractivity contribution in [3.8, 4) is 17.2 Å². The van der Waals surface area contributed by atoms with Crippen LogP contribution in [0.3, 0.4) is 0 Å². The summed E-state index contributed by atoms with van der Waals surface area (Å²) in [4.78, 5) is 12.7. The zero-order valence-electron chi connectivity index (χ0n) is 18.4. The van der Waals surface area contributed by atoms with Gasteiger partial charge in [-0.25, -0.2) is 0 Å². The van der Waals surface area contributed by atoms with Gasteiger partial charge in [0.1, 0.15) is 0 Å². The van der Waals surface area contributed by atoms with Crippen molar-refractivity contribution >= 4 is 5.91 Å². The topological polar surface area (TPSA) is 56.8 Å². The highest BCUT2D eigenvalue weighted by Gasteiger charge is 2.22. The Morgan fingerprint density at radius 3 is 2.03 bits per heavy atom. The Balaban J connectivity index is 2.09. The molecule has 0 aliphatic carbocycles. The third kappa shape index (κ3) is 6.70. The van der Waals surface area contributed by atoms with Crippen molar-refractivity contribution in [3.63, 3.8) is 0 Å². The third-order valence-electron chi connectivity index (χ3n) is 4.72. The molecule has 5 heteroatoms. The maximum atomic E-state index is 12.7. The fraction of sp³-hybridized carbons (Fsp3) is 0.458. The monoisotopic (exact) mass is 399 g/mol. The second kappa shape index (κ2) is 10.2. The molecule has 1 N–H and O–H groups in total. The number of methoxy groups -OCH3 is 3. The lowest BCUT2D eigenvalue weighted by Crippen LogP contribution is -2.31. The van der Waals surface area contributed by atoms with E-state index < -0.39 is 0 Å². The highest BCUT2D eigenvalue weighted by atomic mass is 16.5. The second-order valence-corrected chi connectivity index (χ2v) is 8.33. The molecular weight excluding hydrogens is 366 g/mol. The summed E-state index contributed by atoms with van der Waals surface area (Å²) in [5.41, 5.74) is 2.19. The van der Waals surface area contributed by atoms with E-state index in [-0.39, 0.29) is 17.4 Å². The van der Waals surface area contributed by atoms with E-state index in [4.69, 9.17) is 14.2 Å². The summed E-state index contributed by atoms with van der Waals surface area (Å²) in [6.45, 7) is 6.56. The smallest absolute Gasteiger partial charge is 0.220 e. The van der Waals surface area contributed by atoms with E-state index in [1.54, 1.807) is 21.3 Å². The maximum absolute atomic E-state index is 12.7. The Hall–Kier alpha value is -2.69. The molecule has 0 fully saturated rings. The Kier molecular flexibility index (Phi) is 7.94. The van der Waals surface area contributed by atoms with Crippen LogP contribution in [-0.4, -0.2) is 27.2 Å². The fourth-order valence-electron chi connectivity index (χ4n) is 3.35. The van der Waals surface area contributed by atoms with Crippen LogP contribution in [0.4, 0.5) is 0 Å². The first-order chi connectivity index (χ1) is 13.8. The highest BCUT2D eigenvalue weighted by Crippen LogP contribution is 2.38.